The van der Waals surface area contributed by atoms with E-state index in [0.717, 1.165) is 5.56 Å². The van der Waals surface area contributed by atoms with Crippen molar-refractivity contribution >= 4 is 22.6 Å². The van der Waals surface area contributed by atoms with E-state index < -0.39 is 17.2 Å². The van der Waals surface area contributed by atoms with E-state index in [1.807, 2.05) is 30.3 Å². The van der Waals surface area contributed by atoms with Gasteiger partial charge in [-0.15, -0.1) is 0 Å². The number of hydrogen-bond donors (Lipinski definition) is 2. The first-order chi connectivity index (χ1) is 15.5. The molecule has 8 heteroatoms. The van der Waals surface area contributed by atoms with Crippen LogP contribution in [0.15, 0.2) is 70.3 Å². The molecular weight excluding hydrogens is 408 g/mol. The first kappa shape index (κ1) is 21.0. The molecule has 2 N–H and O–H groups in total. The molecule has 2 heterocycles. The summed E-state index contributed by atoms with van der Waals surface area (Å²) in [5.74, 6) is 0.196. The van der Waals surface area contributed by atoms with Gasteiger partial charge < -0.3 is 10.1 Å². The molecule has 0 fully saturated rings. The lowest BCUT2D eigenvalue weighted by atomic mass is 10.1. The largest absolute Gasteiger partial charge is 0.497 e. The number of H-pyrrole nitrogens is 1. The number of amides is 1. The Labute approximate surface area is 183 Å². The van der Waals surface area contributed by atoms with Crippen LogP contribution in [0.5, 0.6) is 5.75 Å². The number of aryl methyl sites for hydroxylation is 3. The number of rotatable bonds is 6. The summed E-state index contributed by atoms with van der Waals surface area (Å²) in [7, 11) is 1.54. The van der Waals surface area contributed by atoms with E-state index in [0.29, 0.717) is 30.1 Å². The molecule has 0 spiro atoms. The molecule has 162 valence electrons. The zero-order chi connectivity index (χ0) is 22.7. The highest BCUT2D eigenvalue weighted by Gasteiger charge is 2.17. The van der Waals surface area contributed by atoms with Crippen molar-refractivity contribution in [1.82, 2.24) is 14.5 Å². The Balaban J connectivity index is 1.70. The normalized spacial score (nSPS) is 10.8. The van der Waals surface area contributed by atoms with Gasteiger partial charge >= 0.3 is 5.69 Å². The van der Waals surface area contributed by atoms with E-state index in [1.54, 1.807) is 38.3 Å². The fourth-order valence-electron chi connectivity index (χ4n) is 3.52. The number of anilines is 1. The minimum absolute atomic E-state index is 0.180. The fraction of sp³-hybridized carbons (Fsp3) is 0.167. The Kier molecular flexibility index (Phi) is 5.85. The monoisotopic (exact) mass is 430 g/mol. The Hall–Kier alpha value is -4.20. The van der Waals surface area contributed by atoms with Gasteiger partial charge in [0.1, 0.15) is 11.4 Å². The van der Waals surface area contributed by atoms with Crippen molar-refractivity contribution in [2.75, 3.05) is 12.4 Å². The lowest BCUT2D eigenvalue weighted by Crippen LogP contribution is -2.32. The topological polar surface area (TPSA) is 106 Å². The van der Waals surface area contributed by atoms with Crippen LogP contribution in [-0.4, -0.2) is 27.6 Å². The fourth-order valence-corrected chi connectivity index (χ4v) is 3.52. The van der Waals surface area contributed by atoms with Gasteiger partial charge in [0.2, 0.25) is 0 Å². The second kappa shape index (κ2) is 8.89. The van der Waals surface area contributed by atoms with E-state index in [2.05, 4.69) is 15.3 Å². The van der Waals surface area contributed by atoms with Gasteiger partial charge in [0, 0.05) is 18.3 Å². The van der Waals surface area contributed by atoms with Gasteiger partial charge in [0.05, 0.1) is 23.8 Å². The quantitative estimate of drug-likeness (QED) is 0.489. The van der Waals surface area contributed by atoms with Crippen LogP contribution in [0.3, 0.4) is 0 Å². The second-order valence-electron chi connectivity index (χ2n) is 7.33. The highest BCUT2D eigenvalue weighted by atomic mass is 16.5. The third kappa shape index (κ3) is 4.29. The van der Waals surface area contributed by atoms with Crippen LogP contribution in [0, 0.1) is 6.92 Å². The molecule has 4 aromatic rings. The number of carbonyl (C=O) groups excluding carboxylic acids is 1. The van der Waals surface area contributed by atoms with Gasteiger partial charge in [-0.1, -0.05) is 36.4 Å². The molecule has 1 amide bonds. The number of aromatic amines is 1. The maximum atomic E-state index is 12.9. The van der Waals surface area contributed by atoms with Crippen LogP contribution < -0.4 is 21.3 Å². The molecule has 0 saturated heterocycles. The summed E-state index contributed by atoms with van der Waals surface area (Å²) in [6, 6.07) is 18.2. The number of carbonyl (C=O) groups is 1. The first-order valence-corrected chi connectivity index (χ1v) is 10.1. The highest BCUT2D eigenvalue weighted by molar-refractivity contribution is 6.06. The predicted octanol–water partition coefficient (Wildman–Crippen LogP) is 2.90. The van der Waals surface area contributed by atoms with Gasteiger partial charge in [0.15, 0.2) is 0 Å². The van der Waals surface area contributed by atoms with Crippen molar-refractivity contribution in [2.45, 2.75) is 19.9 Å². The minimum Gasteiger partial charge on any atom is -0.497 e. The summed E-state index contributed by atoms with van der Waals surface area (Å²) >= 11 is 0. The Morgan fingerprint density at radius 2 is 1.88 bits per heavy atom. The van der Waals surface area contributed by atoms with Gasteiger partial charge in [0.25, 0.3) is 11.5 Å². The van der Waals surface area contributed by atoms with Crippen LogP contribution in [0.1, 0.15) is 21.6 Å². The number of nitrogens with one attached hydrogen (secondary N) is 2. The molecule has 0 unspecified atom stereocenters. The lowest BCUT2D eigenvalue weighted by molar-refractivity contribution is 0.102. The third-order valence-corrected chi connectivity index (χ3v) is 5.20. The molecule has 0 aliphatic rings. The van der Waals surface area contributed by atoms with E-state index in [9.17, 15) is 14.4 Å². The summed E-state index contributed by atoms with van der Waals surface area (Å²) in [5, 5.41) is 2.97. The molecule has 2 aromatic carbocycles. The zero-order valence-corrected chi connectivity index (χ0v) is 17.7. The smallest absolute Gasteiger partial charge is 0.330 e. The Morgan fingerprint density at radius 1 is 1.09 bits per heavy atom. The maximum Gasteiger partial charge on any atom is 0.330 e. The van der Waals surface area contributed by atoms with E-state index in [-0.39, 0.29) is 16.6 Å². The predicted molar refractivity (Wildman–Crippen MR) is 122 cm³/mol. The van der Waals surface area contributed by atoms with Crippen molar-refractivity contribution in [3.8, 4) is 5.75 Å². The summed E-state index contributed by atoms with van der Waals surface area (Å²) < 4.78 is 6.61. The van der Waals surface area contributed by atoms with Crippen LogP contribution in [-0.2, 0) is 13.0 Å². The number of hydrogen-bond acceptors (Lipinski definition) is 5. The standard InChI is InChI=1S/C24H22N4O4/c1-15-19(22(29)26-17-9-6-10-18(13-17)32-2)14-20-21(25-15)28(24(31)27-23(20)30)12-11-16-7-4-3-5-8-16/h3-10,13-14H,11-12H2,1-2H3,(H,26,29)(H,27,30,31). The number of ether oxygens (including phenoxy) is 1. The molecule has 0 aliphatic heterocycles. The number of nitrogens with zero attached hydrogens (tertiary/aromatic N) is 2. The summed E-state index contributed by atoms with van der Waals surface area (Å²) in [5.41, 5.74) is 1.42. The summed E-state index contributed by atoms with van der Waals surface area (Å²) in [6.45, 7) is 2.02. The lowest BCUT2D eigenvalue weighted by Gasteiger charge is -2.12. The molecule has 32 heavy (non-hydrogen) atoms. The molecule has 0 atom stereocenters. The third-order valence-electron chi connectivity index (χ3n) is 5.20. The zero-order valence-electron chi connectivity index (χ0n) is 17.7. The molecule has 4 rings (SSSR count). The number of aromatic nitrogens is 3. The number of pyridine rings is 1. The van der Waals surface area contributed by atoms with Crippen molar-refractivity contribution in [3.63, 3.8) is 0 Å². The van der Waals surface area contributed by atoms with Crippen LogP contribution >= 0.6 is 0 Å². The van der Waals surface area contributed by atoms with Gasteiger partial charge in [-0.2, -0.15) is 0 Å². The van der Waals surface area contributed by atoms with Crippen molar-refractivity contribution in [1.29, 1.82) is 0 Å². The molecule has 2 aromatic heterocycles. The van der Waals surface area contributed by atoms with E-state index >= 15 is 0 Å². The van der Waals surface area contributed by atoms with Crippen LogP contribution in [0.4, 0.5) is 5.69 Å². The average molecular weight is 430 g/mol. The van der Waals surface area contributed by atoms with Crippen molar-refractivity contribution in [3.05, 3.63) is 98.3 Å². The summed E-state index contributed by atoms with van der Waals surface area (Å²) in [6.07, 6.45) is 0.598. The number of methoxy groups -OCH3 is 1. The SMILES string of the molecule is COc1cccc(NC(=O)c2cc3c(=O)[nH]c(=O)n(CCc4ccccc4)c3nc2C)c1. The molecule has 0 aliphatic carbocycles. The average Bonchev–Trinajstić information content (AvgIpc) is 2.79. The van der Waals surface area contributed by atoms with Crippen LogP contribution in [0.25, 0.3) is 11.0 Å². The summed E-state index contributed by atoms with van der Waals surface area (Å²) in [4.78, 5) is 44.7. The minimum atomic E-state index is -0.580. The highest BCUT2D eigenvalue weighted by Crippen LogP contribution is 2.19. The van der Waals surface area contributed by atoms with Gasteiger partial charge in [-0.05, 0) is 37.1 Å². The van der Waals surface area contributed by atoms with Gasteiger partial charge in [-0.25, -0.2) is 9.78 Å². The molecular formula is C24H22N4O4. The number of fused-ring (bicyclic) bond motifs is 1. The van der Waals surface area contributed by atoms with E-state index in [4.69, 9.17) is 4.74 Å². The maximum absolute atomic E-state index is 12.9. The number of benzene rings is 2. The Bertz CT molecular complexity index is 1410. The van der Waals surface area contributed by atoms with Crippen LogP contribution in [0.2, 0.25) is 0 Å². The van der Waals surface area contributed by atoms with Crippen molar-refractivity contribution in [2.24, 2.45) is 0 Å². The van der Waals surface area contributed by atoms with Gasteiger partial charge in [-0.3, -0.25) is 19.1 Å². The Morgan fingerprint density at radius 3 is 2.62 bits per heavy atom. The first-order valence-electron chi connectivity index (χ1n) is 10.1. The molecule has 0 bridgehead atoms. The van der Waals surface area contributed by atoms with E-state index in [1.165, 1.54) is 10.6 Å². The second-order valence-corrected chi connectivity index (χ2v) is 7.33. The van der Waals surface area contributed by atoms with Crippen molar-refractivity contribution < 1.29 is 9.53 Å². The molecule has 0 radical (unpaired) electrons. The molecule has 0 saturated carbocycles. The molecule has 8 nitrogen and oxygen atoms in total.